The molecule has 0 amide bonds. The Labute approximate surface area is 148 Å². The van der Waals surface area contributed by atoms with Crippen LogP contribution in [0.4, 0.5) is 11.4 Å². The molecule has 0 aliphatic rings. The lowest BCUT2D eigenvalue weighted by Crippen LogP contribution is -2.15. The molecule has 0 unspecified atom stereocenters. The van der Waals surface area contributed by atoms with Gasteiger partial charge in [0.15, 0.2) is 0 Å². The lowest BCUT2D eigenvalue weighted by molar-refractivity contribution is 0.601. The fourth-order valence-electron chi connectivity index (χ4n) is 1.59. The van der Waals surface area contributed by atoms with E-state index in [9.17, 15) is 8.42 Å². The van der Waals surface area contributed by atoms with Crippen LogP contribution in [0.15, 0.2) is 44.2 Å². The molecule has 0 aliphatic heterocycles. The summed E-state index contributed by atoms with van der Waals surface area (Å²) in [5.74, 6) is 0. The minimum absolute atomic E-state index is 0.0549. The van der Waals surface area contributed by atoms with Gasteiger partial charge in [0.2, 0.25) is 0 Å². The third-order valence-electron chi connectivity index (χ3n) is 2.50. The number of benzene rings is 2. The molecule has 0 heterocycles. The molecule has 0 saturated carbocycles. The van der Waals surface area contributed by atoms with Crippen LogP contribution < -0.4 is 10.5 Å². The van der Waals surface area contributed by atoms with Crippen LogP contribution >= 0.6 is 55.1 Å². The summed E-state index contributed by atoms with van der Waals surface area (Å²) in [6.07, 6.45) is 0. The van der Waals surface area contributed by atoms with E-state index >= 15 is 0 Å². The molecule has 4 nitrogen and oxygen atoms in total. The third-order valence-corrected chi connectivity index (χ3v) is 5.48. The first-order valence-electron chi connectivity index (χ1n) is 5.43. The molecule has 0 radical (unpaired) electrons. The van der Waals surface area contributed by atoms with E-state index in [1.54, 1.807) is 6.07 Å². The second-order valence-corrected chi connectivity index (χ2v) is 8.33. The molecule has 0 atom stereocenters. The minimum atomic E-state index is -3.90. The summed E-state index contributed by atoms with van der Waals surface area (Å²) in [6.45, 7) is 0. The zero-order valence-electron chi connectivity index (χ0n) is 10.2. The zero-order chi connectivity index (χ0) is 15.8. The maximum absolute atomic E-state index is 12.4. The monoisotopic (exact) mass is 472 g/mol. The topological polar surface area (TPSA) is 72.2 Å². The molecule has 2 aromatic rings. The van der Waals surface area contributed by atoms with Gasteiger partial charge in [0.25, 0.3) is 10.0 Å². The molecular weight excluding hydrogens is 467 g/mol. The molecule has 0 spiro atoms. The Bertz CT molecular complexity index is 790. The molecule has 2 aromatic carbocycles. The van der Waals surface area contributed by atoms with Crippen molar-refractivity contribution in [3.63, 3.8) is 0 Å². The smallest absolute Gasteiger partial charge is 0.264 e. The van der Waals surface area contributed by atoms with Gasteiger partial charge in [-0.2, -0.15) is 0 Å². The highest BCUT2D eigenvalue weighted by atomic mass is 79.9. The van der Waals surface area contributed by atoms with Crippen LogP contribution in [0, 0.1) is 0 Å². The summed E-state index contributed by atoms with van der Waals surface area (Å²) in [6, 6.07) is 7.55. The number of nitrogens with two attached hydrogens (primary N) is 1. The Kier molecular flexibility index (Phi) is 5.10. The molecule has 0 saturated heterocycles. The van der Waals surface area contributed by atoms with Crippen molar-refractivity contribution in [1.29, 1.82) is 0 Å². The largest absolute Gasteiger partial charge is 0.398 e. The van der Waals surface area contributed by atoms with Crippen LogP contribution in [0.3, 0.4) is 0 Å². The van der Waals surface area contributed by atoms with Crippen LogP contribution in [-0.4, -0.2) is 8.42 Å². The predicted molar refractivity (Wildman–Crippen MR) is 93.5 cm³/mol. The van der Waals surface area contributed by atoms with Gasteiger partial charge in [0.1, 0.15) is 4.90 Å². The Balaban J connectivity index is 2.47. The SMILES string of the molecule is Nc1cc(Br)ccc1S(=O)(=O)Nc1c(Cl)cc(Br)cc1Cl. The van der Waals surface area contributed by atoms with Crippen molar-refractivity contribution in [3.8, 4) is 0 Å². The minimum Gasteiger partial charge on any atom is -0.398 e. The predicted octanol–water partition coefficient (Wildman–Crippen LogP) is 4.90. The van der Waals surface area contributed by atoms with E-state index in [0.29, 0.717) is 8.95 Å². The van der Waals surface area contributed by atoms with Crippen molar-refractivity contribution in [2.45, 2.75) is 4.90 Å². The molecule has 0 aliphatic carbocycles. The van der Waals surface area contributed by atoms with E-state index in [0.717, 1.165) is 0 Å². The Morgan fingerprint density at radius 1 is 1.00 bits per heavy atom. The van der Waals surface area contributed by atoms with Crippen LogP contribution in [-0.2, 0) is 10.0 Å². The fourth-order valence-corrected chi connectivity index (χ4v) is 4.60. The van der Waals surface area contributed by atoms with Gasteiger partial charge in [0.05, 0.1) is 21.4 Å². The summed E-state index contributed by atoms with van der Waals surface area (Å²) in [7, 11) is -3.90. The van der Waals surface area contributed by atoms with Gasteiger partial charge in [-0.15, -0.1) is 0 Å². The highest BCUT2D eigenvalue weighted by Gasteiger charge is 2.20. The normalized spacial score (nSPS) is 11.4. The van der Waals surface area contributed by atoms with E-state index in [2.05, 4.69) is 36.6 Å². The van der Waals surface area contributed by atoms with Crippen molar-refractivity contribution in [2.24, 2.45) is 0 Å². The van der Waals surface area contributed by atoms with Gasteiger partial charge in [-0.3, -0.25) is 4.72 Å². The fraction of sp³-hybridized carbons (Fsp3) is 0. The molecule has 0 bridgehead atoms. The number of rotatable bonds is 3. The molecule has 2 rings (SSSR count). The molecular formula is C12H8Br2Cl2N2O2S. The number of hydrogen-bond donors (Lipinski definition) is 2. The molecule has 21 heavy (non-hydrogen) atoms. The molecule has 0 aromatic heterocycles. The van der Waals surface area contributed by atoms with E-state index in [4.69, 9.17) is 28.9 Å². The summed E-state index contributed by atoms with van der Waals surface area (Å²) in [4.78, 5) is -0.0549. The first kappa shape index (κ1) is 16.9. The Morgan fingerprint density at radius 3 is 2.10 bits per heavy atom. The number of hydrogen-bond acceptors (Lipinski definition) is 3. The number of nitrogen functional groups attached to an aromatic ring is 1. The van der Waals surface area contributed by atoms with Crippen LogP contribution in [0.25, 0.3) is 0 Å². The van der Waals surface area contributed by atoms with Gasteiger partial charge < -0.3 is 5.73 Å². The van der Waals surface area contributed by atoms with Crippen molar-refractivity contribution in [3.05, 3.63) is 49.3 Å². The maximum atomic E-state index is 12.4. The average molecular weight is 475 g/mol. The Hall–Kier alpha value is -0.470. The van der Waals surface area contributed by atoms with Gasteiger partial charge in [0, 0.05) is 8.95 Å². The molecule has 112 valence electrons. The number of halogens is 4. The van der Waals surface area contributed by atoms with E-state index in [-0.39, 0.29) is 26.3 Å². The lowest BCUT2D eigenvalue weighted by Gasteiger charge is -2.13. The van der Waals surface area contributed by atoms with E-state index in [1.807, 2.05) is 0 Å². The van der Waals surface area contributed by atoms with E-state index < -0.39 is 10.0 Å². The number of nitrogens with one attached hydrogen (secondary N) is 1. The quantitative estimate of drug-likeness (QED) is 0.621. The van der Waals surface area contributed by atoms with E-state index in [1.165, 1.54) is 24.3 Å². The first-order valence-corrected chi connectivity index (χ1v) is 9.25. The molecule has 0 fully saturated rings. The van der Waals surface area contributed by atoms with Crippen molar-refractivity contribution < 1.29 is 8.42 Å². The summed E-state index contributed by atoms with van der Waals surface area (Å²) in [5.41, 5.74) is 5.95. The summed E-state index contributed by atoms with van der Waals surface area (Å²) >= 11 is 18.5. The first-order chi connectivity index (χ1) is 9.70. The van der Waals surface area contributed by atoms with Gasteiger partial charge in [-0.05, 0) is 30.3 Å². The van der Waals surface area contributed by atoms with Crippen LogP contribution in [0.2, 0.25) is 10.0 Å². The highest BCUT2D eigenvalue weighted by molar-refractivity contribution is 9.10. The van der Waals surface area contributed by atoms with Crippen molar-refractivity contribution in [2.75, 3.05) is 10.5 Å². The number of sulfonamides is 1. The van der Waals surface area contributed by atoms with Crippen molar-refractivity contribution >= 4 is 76.5 Å². The number of anilines is 2. The Morgan fingerprint density at radius 2 is 1.57 bits per heavy atom. The summed E-state index contributed by atoms with van der Waals surface area (Å²) in [5, 5.41) is 0.349. The molecule has 9 heteroatoms. The summed E-state index contributed by atoms with van der Waals surface area (Å²) < 4.78 is 28.4. The van der Waals surface area contributed by atoms with Crippen LogP contribution in [0.1, 0.15) is 0 Å². The van der Waals surface area contributed by atoms with Crippen LogP contribution in [0.5, 0.6) is 0 Å². The van der Waals surface area contributed by atoms with Crippen molar-refractivity contribution in [1.82, 2.24) is 0 Å². The highest BCUT2D eigenvalue weighted by Crippen LogP contribution is 2.36. The zero-order valence-corrected chi connectivity index (χ0v) is 15.7. The standard InChI is InChI=1S/C12H8Br2Cl2N2O2S/c13-6-1-2-11(10(17)5-6)21(19,20)18-12-8(15)3-7(14)4-9(12)16/h1-5,18H,17H2. The average Bonchev–Trinajstić information content (AvgIpc) is 2.33. The lowest BCUT2D eigenvalue weighted by atomic mass is 10.3. The third kappa shape index (κ3) is 3.84. The second-order valence-electron chi connectivity index (χ2n) is 4.03. The second kappa shape index (κ2) is 6.34. The molecule has 3 N–H and O–H groups in total. The van der Waals surface area contributed by atoms with Gasteiger partial charge in [-0.25, -0.2) is 8.42 Å². The van der Waals surface area contributed by atoms with Gasteiger partial charge >= 0.3 is 0 Å². The maximum Gasteiger partial charge on any atom is 0.264 e. The van der Waals surface area contributed by atoms with Gasteiger partial charge in [-0.1, -0.05) is 55.1 Å².